The van der Waals surface area contributed by atoms with Crippen molar-refractivity contribution in [3.63, 3.8) is 0 Å². The third-order valence-corrected chi connectivity index (χ3v) is 6.73. The highest BCUT2D eigenvalue weighted by atomic mass is 16.6. The molecule has 2 saturated heterocycles. The Bertz CT molecular complexity index is 1420. The Morgan fingerprint density at radius 1 is 1.26 bits per heavy atom. The molecule has 0 bridgehead atoms. The van der Waals surface area contributed by atoms with Gasteiger partial charge in [0.25, 0.3) is 0 Å². The first-order valence-corrected chi connectivity index (χ1v) is 12.2. The Labute approximate surface area is 215 Å². The predicted molar refractivity (Wildman–Crippen MR) is 131 cm³/mol. The van der Waals surface area contributed by atoms with Gasteiger partial charge in [0.1, 0.15) is 23.6 Å². The summed E-state index contributed by atoms with van der Waals surface area (Å²) in [5.41, 5.74) is 2.56. The van der Waals surface area contributed by atoms with Crippen molar-refractivity contribution in [3.8, 4) is 22.8 Å². The van der Waals surface area contributed by atoms with Gasteiger partial charge in [-0.05, 0) is 25.5 Å². The van der Waals surface area contributed by atoms with E-state index in [9.17, 15) is 15.0 Å². The van der Waals surface area contributed by atoms with Gasteiger partial charge in [0, 0.05) is 31.1 Å². The number of likely N-dealkylation sites (N-methyl/N-ethyl adjacent to an activating group) is 1. The quantitative estimate of drug-likeness (QED) is 0.226. The molecule has 15 nitrogen and oxygen atoms in total. The van der Waals surface area contributed by atoms with Crippen molar-refractivity contribution in [2.45, 2.75) is 44.1 Å². The standard InChI is InChI=1S/C23H26N10O5/c1-2-32(11-34)22-17(35)18(36)23(38-22)33-10-25-16-20(26-13-5-8-37-9-13)27-19(28-21(16)33)15-14(29-31-30-15)12-3-6-24-7-4-12/h3-4,6-7,10-11,13,17-18,22-23,35-36H,2,5,8-9H2,1H3,(H,26,27,28)(H,29,30,31)/t13-,17-,18+,22+,23-/m1/s1. The van der Waals surface area contributed by atoms with Crippen LogP contribution in [-0.2, 0) is 14.3 Å². The highest BCUT2D eigenvalue weighted by molar-refractivity contribution is 5.86. The first-order valence-electron chi connectivity index (χ1n) is 12.2. The lowest BCUT2D eigenvalue weighted by molar-refractivity contribution is -0.141. The SMILES string of the molecule is CCN(C=O)[C@H]1O[C@@H](n2cnc3c(N[C@@H]4CCOC4)nc(-c4[nH]nnc4-c4ccncc4)nc32)[C@@H](O)[C@H]1O. The molecule has 0 radical (unpaired) electrons. The molecule has 2 aliphatic rings. The zero-order valence-electron chi connectivity index (χ0n) is 20.4. The van der Waals surface area contributed by atoms with E-state index in [1.807, 2.05) is 0 Å². The van der Waals surface area contributed by atoms with Crippen LogP contribution in [0.25, 0.3) is 33.9 Å². The Morgan fingerprint density at radius 2 is 2.11 bits per heavy atom. The van der Waals surface area contributed by atoms with Gasteiger partial charge >= 0.3 is 0 Å². The van der Waals surface area contributed by atoms with Gasteiger partial charge in [0.15, 0.2) is 35.3 Å². The Balaban J connectivity index is 1.46. The van der Waals surface area contributed by atoms with Crippen molar-refractivity contribution in [2.75, 3.05) is 25.1 Å². The van der Waals surface area contributed by atoms with E-state index in [1.165, 1.54) is 15.8 Å². The maximum Gasteiger partial charge on any atom is 0.211 e. The molecule has 5 atom stereocenters. The van der Waals surface area contributed by atoms with E-state index in [2.05, 4.69) is 30.7 Å². The molecule has 2 fully saturated rings. The molecule has 0 saturated carbocycles. The average Bonchev–Trinajstić information content (AvgIpc) is 3.75. The van der Waals surface area contributed by atoms with Crippen molar-refractivity contribution in [2.24, 2.45) is 0 Å². The fourth-order valence-electron chi connectivity index (χ4n) is 4.71. The fraction of sp³-hybridized carbons (Fsp3) is 0.435. The van der Waals surface area contributed by atoms with E-state index in [4.69, 9.17) is 19.4 Å². The number of aliphatic hydroxyl groups is 2. The summed E-state index contributed by atoms with van der Waals surface area (Å²) in [6, 6.07) is 3.63. The molecule has 38 heavy (non-hydrogen) atoms. The van der Waals surface area contributed by atoms with Gasteiger partial charge in [0.2, 0.25) is 6.41 Å². The van der Waals surface area contributed by atoms with Crippen LogP contribution < -0.4 is 5.32 Å². The Kier molecular flexibility index (Phi) is 6.40. The van der Waals surface area contributed by atoms with Crippen LogP contribution in [0.2, 0.25) is 0 Å². The van der Waals surface area contributed by atoms with Crippen molar-refractivity contribution in [1.82, 2.24) is 44.8 Å². The third-order valence-electron chi connectivity index (χ3n) is 6.73. The fourth-order valence-corrected chi connectivity index (χ4v) is 4.71. The van der Waals surface area contributed by atoms with E-state index in [-0.39, 0.29) is 11.9 Å². The maximum atomic E-state index is 11.5. The number of hydrogen-bond acceptors (Lipinski definition) is 12. The molecule has 4 aromatic heterocycles. The van der Waals surface area contributed by atoms with Crippen molar-refractivity contribution < 1.29 is 24.5 Å². The number of pyridine rings is 1. The number of rotatable bonds is 8. The lowest BCUT2D eigenvalue weighted by Gasteiger charge is -2.25. The molecule has 4 aromatic rings. The van der Waals surface area contributed by atoms with Gasteiger partial charge in [-0.1, -0.05) is 5.21 Å². The largest absolute Gasteiger partial charge is 0.385 e. The molecule has 0 aromatic carbocycles. The minimum atomic E-state index is -1.34. The van der Waals surface area contributed by atoms with Gasteiger partial charge in [0.05, 0.1) is 19.0 Å². The van der Waals surface area contributed by atoms with E-state index in [0.29, 0.717) is 54.5 Å². The second-order valence-corrected chi connectivity index (χ2v) is 9.03. The molecule has 1 amide bonds. The molecule has 2 aliphatic heterocycles. The molecular formula is C23H26N10O5. The Hall–Kier alpha value is -4.05. The van der Waals surface area contributed by atoms with Crippen LogP contribution >= 0.6 is 0 Å². The number of amides is 1. The number of H-pyrrole nitrogens is 1. The number of fused-ring (bicyclic) bond motifs is 1. The van der Waals surface area contributed by atoms with Gasteiger partial charge in [-0.2, -0.15) is 0 Å². The summed E-state index contributed by atoms with van der Waals surface area (Å²) in [6.45, 7) is 3.20. The number of aromatic amines is 1. The molecule has 0 spiro atoms. The molecule has 4 N–H and O–H groups in total. The van der Waals surface area contributed by atoms with Gasteiger partial charge < -0.3 is 29.9 Å². The topological polar surface area (TPSA) is 189 Å². The Morgan fingerprint density at radius 3 is 2.84 bits per heavy atom. The molecule has 198 valence electrons. The number of nitrogens with one attached hydrogen (secondary N) is 2. The van der Waals surface area contributed by atoms with Crippen LogP contribution in [0.5, 0.6) is 0 Å². The molecule has 6 rings (SSSR count). The minimum absolute atomic E-state index is 0.0240. The monoisotopic (exact) mass is 522 g/mol. The number of anilines is 1. The summed E-state index contributed by atoms with van der Waals surface area (Å²) < 4.78 is 13.0. The van der Waals surface area contributed by atoms with Crippen LogP contribution in [-0.4, -0.2) is 106 Å². The predicted octanol–water partition coefficient (Wildman–Crippen LogP) is -0.0708. The highest BCUT2D eigenvalue weighted by Crippen LogP contribution is 2.35. The van der Waals surface area contributed by atoms with Crippen LogP contribution in [0.1, 0.15) is 19.6 Å². The number of carbonyl (C=O) groups is 1. The van der Waals surface area contributed by atoms with E-state index in [1.54, 1.807) is 31.5 Å². The molecule has 15 heteroatoms. The summed E-state index contributed by atoms with van der Waals surface area (Å²) in [6.07, 6.45) is 1.39. The smallest absolute Gasteiger partial charge is 0.211 e. The molecule has 0 aliphatic carbocycles. The highest BCUT2D eigenvalue weighted by Gasteiger charge is 2.46. The third kappa shape index (κ3) is 4.14. The maximum absolute atomic E-state index is 11.5. The zero-order valence-corrected chi connectivity index (χ0v) is 20.4. The molecule has 0 unspecified atom stereocenters. The number of carbonyl (C=O) groups excluding carboxylic acids is 1. The second kappa shape index (κ2) is 10.0. The number of imidazole rings is 1. The van der Waals surface area contributed by atoms with Crippen LogP contribution in [0.15, 0.2) is 30.9 Å². The number of aromatic nitrogens is 8. The van der Waals surface area contributed by atoms with Crippen LogP contribution in [0.3, 0.4) is 0 Å². The normalized spacial score (nSPS) is 25.2. The number of hydrogen-bond donors (Lipinski definition) is 4. The minimum Gasteiger partial charge on any atom is -0.385 e. The summed E-state index contributed by atoms with van der Waals surface area (Å²) >= 11 is 0. The van der Waals surface area contributed by atoms with E-state index >= 15 is 0 Å². The average molecular weight is 523 g/mol. The number of ether oxygens (including phenoxy) is 2. The van der Waals surface area contributed by atoms with Crippen LogP contribution in [0, 0.1) is 0 Å². The van der Waals surface area contributed by atoms with Crippen molar-refractivity contribution in [3.05, 3.63) is 30.9 Å². The lowest BCUT2D eigenvalue weighted by Crippen LogP contribution is -2.43. The molecular weight excluding hydrogens is 496 g/mol. The van der Waals surface area contributed by atoms with Crippen molar-refractivity contribution in [1.29, 1.82) is 0 Å². The van der Waals surface area contributed by atoms with Gasteiger partial charge in [-0.25, -0.2) is 15.0 Å². The first-order chi connectivity index (χ1) is 18.6. The lowest BCUT2D eigenvalue weighted by atomic mass is 10.1. The van der Waals surface area contributed by atoms with Gasteiger partial charge in [-0.15, -0.1) is 5.10 Å². The number of nitrogens with zero attached hydrogens (tertiary/aromatic N) is 8. The van der Waals surface area contributed by atoms with E-state index in [0.717, 1.165) is 12.0 Å². The summed E-state index contributed by atoms with van der Waals surface area (Å²) in [7, 11) is 0. The summed E-state index contributed by atoms with van der Waals surface area (Å²) in [4.78, 5) is 30.8. The van der Waals surface area contributed by atoms with Crippen LogP contribution in [0.4, 0.5) is 5.82 Å². The zero-order chi connectivity index (χ0) is 26.2. The van der Waals surface area contributed by atoms with Crippen molar-refractivity contribution >= 4 is 23.4 Å². The first kappa shape index (κ1) is 24.3. The summed E-state index contributed by atoms with van der Waals surface area (Å²) in [5.74, 6) is 0.743. The molecule has 6 heterocycles. The second-order valence-electron chi connectivity index (χ2n) is 9.03. The van der Waals surface area contributed by atoms with E-state index < -0.39 is 24.7 Å². The summed E-state index contributed by atoms with van der Waals surface area (Å²) in [5, 5.41) is 36.0. The number of aliphatic hydroxyl groups excluding tert-OH is 2. The van der Waals surface area contributed by atoms with Gasteiger partial charge in [-0.3, -0.25) is 19.4 Å².